The van der Waals surface area contributed by atoms with Crippen LogP contribution in [0.3, 0.4) is 0 Å². The van der Waals surface area contributed by atoms with Gasteiger partial charge in [-0.2, -0.15) is 0 Å². The second-order valence-corrected chi connectivity index (χ2v) is 3.52. The molecule has 12 heavy (non-hydrogen) atoms. The van der Waals surface area contributed by atoms with Gasteiger partial charge in [-0.1, -0.05) is 0 Å². The summed E-state index contributed by atoms with van der Waals surface area (Å²) in [5, 5.41) is 8.77. The Morgan fingerprint density at radius 2 is 2.25 bits per heavy atom. The topological polar surface area (TPSA) is 63.6 Å². The molecule has 0 spiro atoms. The number of carbonyl (C=O) groups excluding carboxylic acids is 1. The second-order valence-electron chi connectivity index (χ2n) is 3.52. The first-order valence-corrected chi connectivity index (χ1v) is 4.08. The number of hydrogen-bond acceptors (Lipinski definition) is 3. The number of carboxylic acid groups (broad SMARTS) is 1. The van der Waals surface area contributed by atoms with Gasteiger partial charge >= 0.3 is 11.9 Å². The third-order valence-electron chi connectivity index (χ3n) is 2.74. The maximum absolute atomic E-state index is 11.1. The largest absolute Gasteiger partial charge is 0.481 e. The van der Waals surface area contributed by atoms with Gasteiger partial charge in [0.25, 0.3) is 0 Å². The first-order chi connectivity index (χ1) is 5.68. The van der Waals surface area contributed by atoms with Crippen LogP contribution in [0.25, 0.3) is 0 Å². The molecule has 2 bridgehead atoms. The number of hydrogen-bond donors (Lipinski definition) is 1. The maximum atomic E-state index is 11.1. The van der Waals surface area contributed by atoms with Crippen LogP contribution in [0, 0.1) is 17.8 Å². The first kappa shape index (κ1) is 7.58. The minimum absolute atomic E-state index is 0.286. The van der Waals surface area contributed by atoms with Crippen molar-refractivity contribution < 1.29 is 19.4 Å². The van der Waals surface area contributed by atoms with Gasteiger partial charge in [0.1, 0.15) is 0 Å². The summed E-state index contributed by atoms with van der Waals surface area (Å²) < 4.78 is 4.84. The van der Waals surface area contributed by atoms with Crippen LogP contribution < -0.4 is 0 Å². The Balaban J connectivity index is 2.19. The van der Waals surface area contributed by atoms with Gasteiger partial charge in [0.2, 0.25) is 0 Å². The highest BCUT2D eigenvalue weighted by Crippen LogP contribution is 2.40. The van der Waals surface area contributed by atoms with Crippen molar-refractivity contribution >= 4 is 11.9 Å². The molecule has 0 radical (unpaired) electrons. The zero-order valence-electron chi connectivity index (χ0n) is 6.53. The summed E-state index contributed by atoms with van der Waals surface area (Å²) in [6, 6.07) is 0. The summed E-state index contributed by atoms with van der Waals surface area (Å²) in [5.74, 6) is -1.77. The molecule has 0 aromatic carbocycles. The van der Waals surface area contributed by atoms with Gasteiger partial charge in [-0.25, -0.2) is 0 Å². The van der Waals surface area contributed by atoms with E-state index in [0.717, 1.165) is 0 Å². The van der Waals surface area contributed by atoms with Crippen LogP contribution in [0.15, 0.2) is 0 Å². The Morgan fingerprint density at radius 3 is 2.92 bits per heavy atom. The monoisotopic (exact) mass is 170 g/mol. The molecule has 0 aromatic heterocycles. The molecule has 3 atom stereocenters. The molecule has 2 fully saturated rings. The second kappa shape index (κ2) is 2.47. The van der Waals surface area contributed by atoms with E-state index in [0.29, 0.717) is 19.4 Å². The van der Waals surface area contributed by atoms with Crippen molar-refractivity contribution in [1.82, 2.24) is 0 Å². The van der Waals surface area contributed by atoms with Gasteiger partial charge in [-0.15, -0.1) is 0 Å². The van der Waals surface area contributed by atoms with Crippen molar-refractivity contribution in [3.63, 3.8) is 0 Å². The van der Waals surface area contributed by atoms with Crippen molar-refractivity contribution in [2.75, 3.05) is 6.61 Å². The maximum Gasteiger partial charge on any atom is 0.309 e. The van der Waals surface area contributed by atoms with E-state index in [1.54, 1.807) is 0 Å². The molecule has 1 heterocycles. The summed E-state index contributed by atoms with van der Waals surface area (Å²) in [6.07, 6.45) is 1.31. The molecule has 3 unspecified atom stereocenters. The lowest BCUT2D eigenvalue weighted by Crippen LogP contribution is -2.28. The molecular weight excluding hydrogens is 160 g/mol. The number of esters is 1. The summed E-state index contributed by atoms with van der Waals surface area (Å²) in [6.45, 7) is 0.416. The fourth-order valence-corrected chi connectivity index (χ4v) is 2.12. The van der Waals surface area contributed by atoms with E-state index in [9.17, 15) is 9.59 Å². The van der Waals surface area contributed by atoms with Crippen molar-refractivity contribution in [2.45, 2.75) is 12.8 Å². The highest BCUT2D eigenvalue weighted by molar-refractivity contribution is 5.82. The zero-order chi connectivity index (χ0) is 8.72. The summed E-state index contributed by atoms with van der Waals surface area (Å²) in [4.78, 5) is 21.8. The van der Waals surface area contributed by atoms with Crippen LogP contribution in [0.4, 0.5) is 0 Å². The van der Waals surface area contributed by atoms with E-state index < -0.39 is 11.9 Å². The van der Waals surface area contributed by atoms with Crippen molar-refractivity contribution in [2.24, 2.45) is 17.8 Å². The molecule has 4 nitrogen and oxygen atoms in total. The fraction of sp³-hybridized carbons (Fsp3) is 0.750. The molecule has 1 aliphatic carbocycles. The molecule has 2 aliphatic rings. The Kier molecular flexibility index (Phi) is 1.56. The van der Waals surface area contributed by atoms with E-state index in [1.165, 1.54) is 0 Å². The molecule has 2 rings (SSSR count). The lowest BCUT2D eigenvalue weighted by atomic mass is 9.96. The molecule has 4 heteroatoms. The number of cyclic esters (lactones) is 1. The summed E-state index contributed by atoms with van der Waals surface area (Å²) >= 11 is 0. The Morgan fingerprint density at radius 1 is 1.50 bits per heavy atom. The van der Waals surface area contributed by atoms with Gasteiger partial charge in [0.15, 0.2) is 0 Å². The van der Waals surface area contributed by atoms with Crippen molar-refractivity contribution in [3.05, 3.63) is 0 Å². The highest BCUT2D eigenvalue weighted by atomic mass is 16.5. The van der Waals surface area contributed by atoms with Crippen LogP contribution in [-0.4, -0.2) is 23.7 Å². The van der Waals surface area contributed by atoms with Gasteiger partial charge in [-0.05, 0) is 18.8 Å². The average molecular weight is 170 g/mol. The van der Waals surface area contributed by atoms with Crippen LogP contribution >= 0.6 is 0 Å². The lowest BCUT2D eigenvalue weighted by molar-refractivity contribution is -0.158. The van der Waals surface area contributed by atoms with E-state index in [-0.39, 0.29) is 17.8 Å². The highest BCUT2D eigenvalue weighted by Gasteiger charge is 2.47. The predicted octanol–water partition coefficient (Wildman–Crippen LogP) is 0.270. The standard InChI is InChI=1S/C8H10O4/c9-7(10)5-1-4-2-6(5)8(11)12-3-4/h4-6H,1-3H2,(H,9,10). The van der Waals surface area contributed by atoms with Crippen LogP contribution in [-0.2, 0) is 14.3 Å². The quantitative estimate of drug-likeness (QED) is 0.574. The number of rotatable bonds is 1. The van der Waals surface area contributed by atoms with E-state index >= 15 is 0 Å². The number of ether oxygens (including phenoxy) is 1. The van der Waals surface area contributed by atoms with Gasteiger partial charge in [0, 0.05) is 0 Å². The average Bonchev–Trinajstić information content (AvgIpc) is 2.37. The summed E-state index contributed by atoms with van der Waals surface area (Å²) in [7, 11) is 0. The number of fused-ring (bicyclic) bond motifs is 2. The Hall–Kier alpha value is -1.06. The van der Waals surface area contributed by atoms with E-state index in [1.807, 2.05) is 0 Å². The third-order valence-corrected chi connectivity index (χ3v) is 2.74. The van der Waals surface area contributed by atoms with Gasteiger partial charge < -0.3 is 9.84 Å². The number of carboxylic acids is 1. The fourth-order valence-electron chi connectivity index (χ4n) is 2.12. The minimum Gasteiger partial charge on any atom is -0.481 e. The normalized spacial score (nSPS) is 39.3. The molecule has 1 N–H and O–H groups in total. The predicted molar refractivity (Wildman–Crippen MR) is 38.3 cm³/mol. The van der Waals surface area contributed by atoms with Crippen LogP contribution in [0.5, 0.6) is 0 Å². The van der Waals surface area contributed by atoms with E-state index in [4.69, 9.17) is 9.84 Å². The molecule has 1 aliphatic heterocycles. The minimum atomic E-state index is -0.860. The molecule has 1 saturated carbocycles. The molecule has 1 saturated heterocycles. The van der Waals surface area contributed by atoms with Crippen molar-refractivity contribution in [1.29, 1.82) is 0 Å². The lowest BCUT2D eigenvalue weighted by Gasteiger charge is -2.18. The molecule has 0 aromatic rings. The first-order valence-electron chi connectivity index (χ1n) is 4.08. The number of aliphatic carboxylic acids is 1. The number of carbonyl (C=O) groups is 2. The third kappa shape index (κ3) is 0.983. The Bertz CT molecular complexity index is 235. The molecule has 0 amide bonds. The zero-order valence-corrected chi connectivity index (χ0v) is 6.53. The molecule has 66 valence electrons. The van der Waals surface area contributed by atoms with Gasteiger partial charge in [0.05, 0.1) is 18.4 Å². The van der Waals surface area contributed by atoms with Gasteiger partial charge in [-0.3, -0.25) is 9.59 Å². The summed E-state index contributed by atoms with van der Waals surface area (Å²) in [5.41, 5.74) is 0. The van der Waals surface area contributed by atoms with Crippen LogP contribution in [0.1, 0.15) is 12.8 Å². The van der Waals surface area contributed by atoms with Crippen LogP contribution in [0.2, 0.25) is 0 Å². The smallest absolute Gasteiger partial charge is 0.309 e. The molecular formula is C8H10O4. The van der Waals surface area contributed by atoms with E-state index in [2.05, 4.69) is 0 Å². The SMILES string of the molecule is O=C(O)C1CC2COC(=O)C1C2. The van der Waals surface area contributed by atoms with Crippen molar-refractivity contribution in [3.8, 4) is 0 Å². The Labute approximate surface area is 69.5 Å².